The van der Waals surface area contributed by atoms with E-state index >= 15 is 0 Å². The van der Waals surface area contributed by atoms with Crippen LogP contribution in [0, 0.1) is 0 Å². The molecule has 0 radical (unpaired) electrons. The summed E-state index contributed by atoms with van der Waals surface area (Å²) in [5.74, 6) is 0.691. The Labute approximate surface area is 211 Å². The van der Waals surface area contributed by atoms with E-state index in [4.69, 9.17) is 9.47 Å². The molecule has 3 heterocycles. The van der Waals surface area contributed by atoms with E-state index in [2.05, 4.69) is 35.8 Å². The van der Waals surface area contributed by atoms with E-state index in [-0.39, 0.29) is 18.1 Å². The second-order valence-electron chi connectivity index (χ2n) is 8.00. The molecule has 4 rings (SSSR count). The van der Waals surface area contributed by atoms with Gasteiger partial charge in [-0.3, -0.25) is 10.1 Å². The normalized spacial score (nSPS) is 13.4. The highest BCUT2D eigenvalue weighted by Gasteiger charge is 2.24. The first kappa shape index (κ1) is 25.1. The maximum absolute atomic E-state index is 12.7. The highest BCUT2D eigenvalue weighted by Crippen LogP contribution is 2.31. The molecule has 0 saturated heterocycles. The van der Waals surface area contributed by atoms with Gasteiger partial charge in [0.1, 0.15) is 5.82 Å². The molecule has 1 aliphatic rings. The molecule has 1 aromatic carbocycles. The lowest BCUT2D eigenvalue weighted by molar-refractivity contribution is 0.0925. The number of thiazole rings is 1. The molecule has 4 N–H and O–H groups in total. The Morgan fingerprint density at radius 1 is 1.17 bits per heavy atom. The fraction of sp³-hybridized carbons (Fsp3) is 0.348. The van der Waals surface area contributed by atoms with Crippen LogP contribution in [0.1, 0.15) is 27.9 Å². The van der Waals surface area contributed by atoms with Crippen molar-refractivity contribution in [2.75, 3.05) is 42.8 Å². The van der Waals surface area contributed by atoms with Crippen molar-refractivity contribution in [1.29, 1.82) is 0 Å². The lowest BCUT2D eigenvalue weighted by Crippen LogP contribution is -2.31. The predicted octanol–water partition coefficient (Wildman–Crippen LogP) is 2.27. The number of nitrogens with one attached hydrogen (secondary N) is 3. The molecule has 3 amide bonds. The van der Waals surface area contributed by atoms with Crippen molar-refractivity contribution >= 4 is 39.9 Å². The predicted molar refractivity (Wildman–Crippen MR) is 135 cm³/mol. The van der Waals surface area contributed by atoms with E-state index in [1.807, 2.05) is 0 Å². The Hall–Kier alpha value is -3.97. The number of rotatable bonds is 8. The number of methoxy groups -OCH3 is 2. The second-order valence-corrected chi connectivity index (χ2v) is 9.08. The van der Waals surface area contributed by atoms with Gasteiger partial charge in [0.05, 0.1) is 43.8 Å². The zero-order chi connectivity index (χ0) is 25.7. The van der Waals surface area contributed by atoms with E-state index in [9.17, 15) is 14.7 Å². The third-order valence-electron chi connectivity index (χ3n) is 5.31. The maximum Gasteiger partial charge on any atom is 0.325 e. The number of amides is 3. The molecule has 1 unspecified atom stereocenters. The molecule has 36 heavy (non-hydrogen) atoms. The smallest absolute Gasteiger partial charge is 0.325 e. The number of carbonyl (C=O) groups is 2. The molecule has 0 spiro atoms. The van der Waals surface area contributed by atoms with Gasteiger partial charge in [0.15, 0.2) is 5.13 Å². The number of aliphatic hydroxyl groups is 1. The van der Waals surface area contributed by atoms with Crippen LogP contribution in [-0.4, -0.2) is 65.4 Å². The SMILES string of the molecule is COc1cc(N2CCc3nc(NC(=O)Nc4ccccc4C(=O)NCC(C)O)sc3C2)nc(OC)n1. The number of nitrogens with zero attached hydrogens (tertiary/aromatic N) is 4. The zero-order valence-corrected chi connectivity index (χ0v) is 20.9. The highest BCUT2D eigenvalue weighted by atomic mass is 32.1. The number of ether oxygens (including phenoxy) is 2. The molecule has 0 saturated carbocycles. The summed E-state index contributed by atoms with van der Waals surface area (Å²) in [5.41, 5.74) is 1.55. The number of hydrogen-bond donors (Lipinski definition) is 4. The summed E-state index contributed by atoms with van der Waals surface area (Å²) in [6.45, 7) is 2.92. The quantitative estimate of drug-likeness (QED) is 0.356. The van der Waals surface area contributed by atoms with Crippen LogP contribution in [0.2, 0.25) is 0 Å². The molecule has 1 aliphatic heterocycles. The monoisotopic (exact) mass is 513 g/mol. The van der Waals surface area contributed by atoms with Crippen LogP contribution in [0.5, 0.6) is 11.9 Å². The molecule has 2 aromatic heterocycles. The summed E-state index contributed by atoms with van der Waals surface area (Å²) in [5, 5.41) is 17.9. The van der Waals surface area contributed by atoms with Gasteiger partial charge in [-0.2, -0.15) is 9.97 Å². The van der Waals surface area contributed by atoms with Gasteiger partial charge in [0.2, 0.25) is 5.88 Å². The molecule has 3 aromatic rings. The summed E-state index contributed by atoms with van der Waals surface area (Å²) in [6.07, 6.45) is -0.00149. The van der Waals surface area contributed by atoms with Crippen LogP contribution in [-0.2, 0) is 13.0 Å². The van der Waals surface area contributed by atoms with E-state index < -0.39 is 18.0 Å². The topological polar surface area (TPSA) is 151 Å². The van der Waals surface area contributed by atoms with Gasteiger partial charge in [-0.25, -0.2) is 9.78 Å². The van der Waals surface area contributed by atoms with Crippen LogP contribution in [0.4, 0.5) is 21.4 Å². The summed E-state index contributed by atoms with van der Waals surface area (Å²) in [7, 11) is 3.03. The number of para-hydroxylation sites is 1. The van der Waals surface area contributed by atoms with Crippen LogP contribution in [0.25, 0.3) is 0 Å². The average molecular weight is 514 g/mol. The standard InChI is InChI=1S/C23H27N7O5S/c1-13(31)11-24-20(32)14-6-4-5-7-15(14)25-21(33)29-23-26-16-8-9-30(12-17(16)36-23)18-10-19(34-2)28-22(27-18)35-3/h4-7,10,13,31H,8-9,11-12H2,1-3H3,(H,24,32)(H2,25,26,29,33). The maximum atomic E-state index is 12.7. The minimum Gasteiger partial charge on any atom is -0.481 e. The van der Waals surface area contributed by atoms with Gasteiger partial charge >= 0.3 is 12.0 Å². The Morgan fingerprint density at radius 2 is 1.97 bits per heavy atom. The number of aromatic nitrogens is 3. The fourth-order valence-corrected chi connectivity index (χ4v) is 4.59. The molecular weight excluding hydrogens is 486 g/mol. The largest absolute Gasteiger partial charge is 0.481 e. The number of fused-ring (bicyclic) bond motifs is 1. The first-order valence-electron chi connectivity index (χ1n) is 11.2. The Kier molecular flexibility index (Phi) is 7.80. The number of benzene rings is 1. The van der Waals surface area contributed by atoms with Crippen molar-refractivity contribution < 1.29 is 24.2 Å². The van der Waals surface area contributed by atoms with Crippen LogP contribution >= 0.6 is 11.3 Å². The van der Waals surface area contributed by atoms with Crippen molar-refractivity contribution in [2.45, 2.75) is 26.0 Å². The van der Waals surface area contributed by atoms with Gasteiger partial charge in [-0.05, 0) is 19.1 Å². The molecule has 190 valence electrons. The molecular formula is C23H27N7O5S. The first-order chi connectivity index (χ1) is 17.4. The van der Waals surface area contributed by atoms with E-state index in [1.165, 1.54) is 25.6 Å². The van der Waals surface area contributed by atoms with Crippen LogP contribution in [0.15, 0.2) is 30.3 Å². The number of anilines is 3. The Morgan fingerprint density at radius 3 is 2.72 bits per heavy atom. The summed E-state index contributed by atoms with van der Waals surface area (Å²) in [6, 6.07) is 8.10. The molecule has 13 heteroatoms. The summed E-state index contributed by atoms with van der Waals surface area (Å²) >= 11 is 1.38. The van der Waals surface area contributed by atoms with E-state index in [0.717, 1.165) is 10.6 Å². The lowest BCUT2D eigenvalue weighted by Gasteiger charge is -2.27. The van der Waals surface area contributed by atoms with E-state index in [1.54, 1.807) is 37.3 Å². The third-order valence-corrected chi connectivity index (χ3v) is 6.31. The Bertz CT molecular complexity index is 1230. The van der Waals surface area contributed by atoms with Gasteiger partial charge < -0.3 is 30.1 Å². The summed E-state index contributed by atoms with van der Waals surface area (Å²) in [4.78, 5) is 41.3. The van der Waals surface area contributed by atoms with Gasteiger partial charge in [-0.1, -0.05) is 23.5 Å². The van der Waals surface area contributed by atoms with E-state index in [0.29, 0.717) is 42.0 Å². The van der Waals surface area contributed by atoms with Crippen molar-refractivity contribution in [3.63, 3.8) is 0 Å². The number of aliphatic hydroxyl groups excluding tert-OH is 1. The minimum absolute atomic E-state index is 0.107. The highest BCUT2D eigenvalue weighted by molar-refractivity contribution is 7.15. The number of hydrogen-bond acceptors (Lipinski definition) is 10. The molecule has 1 atom stereocenters. The van der Waals surface area contributed by atoms with Crippen LogP contribution < -0.4 is 30.3 Å². The Balaban J connectivity index is 1.42. The zero-order valence-electron chi connectivity index (χ0n) is 20.1. The van der Waals surface area contributed by atoms with Crippen LogP contribution in [0.3, 0.4) is 0 Å². The van der Waals surface area contributed by atoms with Crippen molar-refractivity contribution in [2.24, 2.45) is 0 Å². The van der Waals surface area contributed by atoms with Crippen molar-refractivity contribution in [1.82, 2.24) is 20.3 Å². The second kappa shape index (κ2) is 11.2. The van der Waals surface area contributed by atoms with Gasteiger partial charge in [0, 0.05) is 30.5 Å². The molecule has 0 fully saturated rings. The molecule has 0 bridgehead atoms. The first-order valence-corrected chi connectivity index (χ1v) is 12.0. The fourth-order valence-electron chi connectivity index (χ4n) is 3.57. The average Bonchev–Trinajstić information content (AvgIpc) is 3.28. The number of carbonyl (C=O) groups excluding carboxylic acids is 2. The van der Waals surface area contributed by atoms with Crippen molar-refractivity contribution in [3.8, 4) is 11.9 Å². The van der Waals surface area contributed by atoms with Crippen molar-refractivity contribution in [3.05, 3.63) is 46.5 Å². The van der Waals surface area contributed by atoms with Gasteiger partial charge in [0.25, 0.3) is 5.91 Å². The third kappa shape index (κ3) is 5.98. The lowest BCUT2D eigenvalue weighted by atomic mass is 10.1. The molecule has 12 nitrogen and oxygen atoms in total. The molecule has 0 aliphatic carbocycles. The van der Waals surface area contributed by atoms with Gasteiger partial charge in [-0.15, -0.1) is 0 Å². The number of urea groups is 1. The summed E-state index contributed by atoms with van der Waals surface area (Å²) < 4.78 is 10.4. The minimum atomic E-state index is -0.678.